The van der Waals surface area contributed by atoms with Crippen molar-refractivity contribution in [3.8, 4) is 0 Å². The number of piperidine rings is 1. The summed E-state index contributed by atoms with van der Waals surface area (Å²) < 4.78 is 13.0. The van der Waals surface area contributed by atoms with Crippen LogP contribution in [0.4, 0.5) is 4.39 Å². The molecule has 1 aliphatic rings. The monoisotopic (exact) mass is 278 g/mol. The van der Waals surface area contributed by atoms with Crippen LogP contribution in [0, 0.1) is 11.7 Å². The van der Waals surface area contributed by atoms with Crippen LogP contribution in [0.15, 0.2) is 18.2 Å². The average Bonchev–Trinajstić information content (AvgIpc) is 2.33. The second kappa shape index (κ2) is 6.55. The minimum absolute atomic E-state index is 0. The quantitative estimate of drug-likeness (QED) is 0.873. The first-order valence-electron chi connectivity index (χ1n) is 5.59. The average molecular weight is 279 g/mol. The molecule has 1 atom stereocenters. The van der Waals surface area contributed by atoms with E-state index in [-0.39, 0.29) is 29.3 Å². The number of nitrogens with one attached hydrogen (secondary N) is 1. The number of benzene rings is 1. The van der Waals surface area contributed by atoms with E-state index in [0.717, 1.165) is 31.5 Å². The normalized spacial score (nSPS) is 18.5. The first-order chi connectivity index (χ1) is 7.68. The molecule has 96 valence electrons. The van der Waals surface area contributed by atoms with Crippen molar-refractivity contribution >= 4 is 24.0 Å². The molecule has 0 bridgehead atoms. The maximum Gasteiger partial charge on any atom is 0.141 e. The molecule has 5 heteroatoms. The summed E-state index contributed by atoms with van der Waals surface area (Å²) in [4.78, 5) is 0. The highest BCUT2D eigenvalue weighted by atomic mass is 35.5. The van der Waals surface area contributed by atoms with E-state index in [1.165, 1.54) is 6.07 Å². The van der Waals surface area contributed by atoms with Crippen molar-refractivity contribution in [1.82, 2.24) is 5.32 Å². The summed E-state index contributed by atoms with van der Waals surface area (Å²) in [6, 6.07) is 4.72. The number of halogens is 3. The predicted molar refractivity (Wildman–Crippen MR) is 71.2 cm³/mol. The molecule has 17 heavy (non-hydrogen) atoms. The van der Waals surface area contributed by atoms with Crippen LogP contribution in [0.2, 0.25) is 5.02 Å². The molecule has 1 fully saturated rings. The molecule has 0 spiro atoms. The highest BCUT2D eigenvalue weighted by Gasteiger charge is 2.22. The SMILES string of the molecule is Cl.N[C@@H](c1ccc(F)c(Cl)c1)C1CCNCC1. The molecule has 0 radical (unpaired) electrons. The largest absolute Gasteiger partial charge is 0.324 e. The Morgan fingerprint density at radius 1 is 1.35 bits per heavy atom. The van der Waals surface area contributed by atoms with E-state index in [1.54, 1.807) is 12.1 Å². The zero-order chi connectivity index (χ0) is 11.5. The van der Waals surface area contributed by atoms with Crippen LogP contribution in [0.1, 0.15) is 24.4 Å². The van der Waals surface area contributed by atoms with E-state index in [9.17, 15) is 4.39 Å². The Morgan fingerprint density at radius 3 is 2.59 bits per heavy atom. The summed E-state index contributed by atoms with van der Waals surface area (Å²) in [5.41, 5.74) is 7.11. The van der Waals surface area contributed by atoms with Gasteiger partial charge in [-0.15, -0.1) is 12.4 Å². The van der Waals surface area contributed by atoms with Crippen LogP contribution in [-0.4, -0.2) is 13.1 Å². The number of hydrogen-bond acceptors (Lipinski definition) is 2. The molecule has 2 nitrogen and oxygen atoms in total. The van der Waals surface area contributed by atoms with Gasteiger partial charge in [0, 0.05) is 6.04 Å². The lowest BCUT2D eigenvalue weighted by Crippen LogP contribution is -2.33. The van der Waals surface area contributed by atoms with Crippen molar-refractivity contribution < 1.29 is 4.39 Å². The summed E-state index contributed by atoms with van der Waals surface area (Å²) in [5.74, 6) is 0.0747. The molecular formula is C12H17Cl2FN2. The van der Waals surface area contributed by atoms with Gasteiger partial charge < -0.3 is 11.1 Å². The van der Waals surface area contributed by atoms with Gasteiger partial charge in [0.2, 0.25) is 0 Å². The fourth-order valence-corrected chi connectivity index (χ4v) is 2.38. The van der Waals surface area contributed by atoms with Crippen LogP contribution in [0.25, 0.3) is 0 Å². The topological polar surface area (TPSA) is 38.0 Å². The molecule has 3 N–H and O–H groups in total. The van der Waals surface area contributed by atoms with Crippen molar-refractivity contribution in [2.45, 2.75) is 18.9 Å². The van der Waals surface area contributed by atoms with Crippen LogP contribution in [0.3, 0.4) is 0 Å². The smallest absolute Gasteiger partial charge is 0.141 e. The van der Waals surface area contributed by atoms with Crippen LogP contribution >= 0.6 is 24.0 Å². The van der Waals surface area contributed by atoms with Gasteiger partial charge in [-0.3, -0.25) is 0 Å². The van der Waals surface area contributed by atoms with Crippen LogP contribution in [-0.2, 0) is 0 Å². The Morgan fingerprint density at radius 2 is 2.00 bits per heavy atom. The first-order valence-corrected chi connectivity index (χ1v) is 5.97. The Labute approximate surface area is 112 Å². The molecule has 2 rings (SSSR count). The summed E-state index contributed by atoms with van der Waals surface area (Å²) in [6.07, 6.45) is 2.13. The lowest BCUT2D eigenvalue weighted by molar-refractivity contribution is 0.322. The van der Waals surface area contributed by atoms with Gasteiger partial charge in [-0.25, -0.2) is 4.39 Å². The summed E-state index contributed by atoms with van der Waals surface area (Å²) in [7, 11) is 0. The van der Waals surface area contributed by atoms with E-state index < -0.39 is 0 Å². The van der Waals surface area contributed by atoms with Gasteiger partial charge in [-0.1, -0.05) is 17.7 Å². The van der Waals surface area contributed by atoms with E-state index in [1.807, 2.05) is 0 Å². The molecule has 0 amide bonds. The third-order valence-electron chi connectivity index (χ3n) is 3.22. The lowest BCUT2D eigenvalue weighted by Gasteiger charge is -2.28. The highest BCUT2D eigenvalue weighted by molar-refractivity contribution is 6.30. The predicted octanol–water partition coefficient (Wildman–Crippen LogP) is 2.90. The lowest BCUT2D eigenvalue weighted by atomic mass is 9.86. The van der Waals surface area contributed by atoms with Crippen molar-refractivity contribution in [3.05, 3.63) is 34.6 Å². The molecule has 1 aromatic rings. The Balaban J connectivity index is 0.00000144. The molecule has 1 saturated heterocycles. The number of rotatable bonds is 2. The maximum atomic E-state index is 13.0. The highest BCUT2D eigenvalue weighted by Crippen LogP contribution is 2.28. The second-order valence-corrected chi connectivity index (χ2v) is 4.69. The van der Waals surface area contributed by atoms with E-state index in [4.69, 9.17) is 17.3 Å². The third-order valence-corrected chi connectivity index (χ3v) is 3.51. The zero-order valence-corrected chi connectivity index (χ0v) is 11.0. The Bertz CT molecular complexity index is 368. The number of nitrogens with two attached hydrogens (primary N) is 1. The maximum absolute atomic E-state index is 13.0. The third kappa shape index (κ3) is 3.55. The fraction of sp³-hybridized carbons (Fsp3) is 0.500. The van der Waals surface area contributed by atoms with Gasteiger partial charge in [-0.2, -0.15) is 0 Å². The first kappa shape index (κ1) is 14.7. The Hall–Kier alpha value is -0.350. The molecule has 1 heterocycles. The van der Waals surface area contributed by atoms with Crippen LogP contribution in [0.5, 0.6) is 0 Å². The minimum atomic E-state index is -0.386. The van der Waals surface area contributed by atoms with Gasteiger partial charge in [-0.05, 0) is 49.5 Å². The van der Waals surface area contributed by atoms with Gasteiger partial charge in [0.15, 0.2) is 0 Å². The number of hydrogen-bond donors (Lipinski definition) is 2. The van der Waals surface area contributed by atoms with Gasteiger partial charge in [0.1, 0.15) is 5.82 Å². The zero-order valence-electron chi connectivity index (χ0n) is 9.46. The van der Waals surface area contributed by atoms with Crippen molar-refractivity contribution in [1.29, 1.82) is 0 Å². The summed E-state index contributed by atoms with van der Waals surface area (Å²) in [6.45, 7) is 2.01. The molecular weight excluding hydrogens is 262 g/mol. The van der Waals surface area contributed by atoms with Gasteiger partial charge in [0.05, 0.1) is 5.02 Å². The molecule has 0 unspecified atom stereocenters. The molecule has 0 aromatic heterocycles. The minimum Gasteiger partial charge on any atom is -0.324 e. The van der Waals surface area contributed by atoms with Crippen molar-refractivity contribution in [2.75, 3.05) is 13.1 Å². The fourth-order valence-electron chi connectivity index (χ4n) is 2.20. The van der Waals surface area contributed by atoms with E-state index in [0.29, 0.717) is 5.92 Å². The molecule has 0 aliphatic carbocycles. The Kier molecular flexibility index (Phi) is 5.67. The van der Waals surface area contributed by atoms with Crippen LogP contribution < -0.4 is 11.1 Å². The standard InChI is InChI=1S/C12H16ClFN2.ClH/c13-10-7-9(1-2-11(10)14)12(15)8-3-5-16-6-4-8;/h1-2,7-8,12,16H,3-6,15H2;1H/t12-;/m1./s1. The summed E-state index contributed by atoms with van der Waals surface area (Å²) >= 11 is 5.75. The van der Waals surface area contributed by atoms with Gasteiger partial charge >= 0.3 is 0 Å². The molecule has 0 saturated carbocycles. The molecule has 1 aliphatic heterocycles. The summed E-state index contributed by atoms with van der Waals surface area (Å²) in [5, 5.41) is 3.45. The van der Waals surface area contributed by atoms with Gasteiger partial charge in [0.25, 0.3) is 0 Å². The van der Waals surface area contributed by atoms with E-state index in [2.05, 4.69) is 5.32 Å². The van der Waals surface area contributed by atoms with E-state index >= 15 is 0 Å². The van der Waals surface area contributed by atoms with Crippen molar-refractivity contribution in [2.24, 2.45) is 11.7 Å². The molecule has 1 aromatic carbocycles. The van der Waals surface area contributed by atoms with Crippen molar-refractivity contribution in [3.63, 3.8) is 0 Å². The second-order valence-electron chi connectivity index (χ2n) is 4.29.